The molecule has 4 rings (SSSR count). The third-order valence-corrected chi connectivity index (χ3v) is 8.19. The van der Waals surface area contributed by atoms with Crippen LogP contribution >= 0.6 is 0 Å². The molecule has 1 aromatic heterocycles. The summed E-state index contributed by atoms with van der Waals surface area (Å²) in [5.74, 6) is -0.345. The average molecular weight is 438 g/mol. The Morgan fingerprint density at radius 3 is 2.26 bits per heavy atom. The molecule has 162 valence electrons. The lowest BCUT2D eigenvalue weighted by Crippen LogP contribution is -2.42. The van der Waals surface area contributed by atoms with E-state index in [1.807, 2.05) is 54.6 Å². The van der Waals surface area contributed by atoms with Crippen LogP contribution in [-0.4, -0.2) is 41.4 Å². The standard InChI is InChI=1S/C24H27N3O3S/c1-17-24(18(2)26(3)25-17)31(29,30)27-15-7-10-22(16-27)23(28)21-13-11-20(12-14-21)19-8-5-4-6-9-19/h4-6,8-9,11-14,22H,7,10,15-16H2,1-3H3/t22-/m0/s1. The van der Waals surface area contributed by atoms with E-state index >= 15 is 0 Å². The number of aromatic nitrogens is 2. The second-order valence-corrected chi connectivity index (χ2v) is 10.0. The molecule has 1 atom stereocenters. The van der Waals surface area contributed by atoms with E-state index in [0.717, 1.165) is 11.1 Å². The maximum absolute atomic E-state index is 13.3. The van der Waals surface area contributed by atoms with Crippen LogP contribution in [0, 0.1) is 19.8 Å². The van der Waals surface area contributed by atoms with Crippen molar-refractivity contribution in [3.8, 4) is 11.1 Å². The van der Waals surface area contributed by atoms with E-state index in [4.69, 9.17) is 0 Å². The molecule has 0 bridgehead atoms. The van der Waals surface area contributed by atoms with Gasteiger partial charge in [0.25, 0.3) is 0 Å². The number of hydrogen-bond donors (Lipinski definition) is 0. The number of piperidine rings is 1. The van der Waals surface area contributed by atoms with Gasteiger partial charge >= 0.3 is 0 Å². The van der Waals surface area contributed by atoms with Crippen molar-refractivity contribution in [1.29, 1.82) is 0 Å². The fourth-order valence-corrected chi connectivity index (χ4v) is 6.25. The minimum atomic E-state index is -3.70. The van der Waals surface area contributed by atoms with Crippen LogP contribution in [0.4, 0.5) is 0 Å². The molecule has 1 saturated heterocycles. The van der Waals surface area contributed by atoms with E-state index < -0.39 is 10.0 Å². The summed E-state index contributed by atoms with van der Waals surface area (Å²) in [5.41, 5.74) is 3.87. The molecule has 1 aliphatic rings. The van der Waals surface area contributed by atoms with Crippen LogP contribution < -0.4 is 0 Å². The Labute approximate surface area is 183 Å². The maximum atomic E-state index is 13.3. The summed E-state index contributed by atoms with van der Waals surface area (Å²) in [5, 5.41) is 4.25. The second kappa shape index (κ2) is 8.40. The number of sulfonamides is 1. The van der Waals surface area contributed by atoms with Crippen molar-refractivity contribution in [2.75, 3.05) is 13.1 Å². The highest BCUT2D eigenvalue weighted by Gasteiger charge is 2.36. The summed E-state index contributed by atoms with van der Waals surface area (Å²) >= 11 is 0. The summed E-state index contributed by atoms with van der Waals surface area (Å²) in [6.45, 7) is 4.09. The normalized spacial score (nSPS) is 17.6. The Balaban J connectivity index is 1.54. The van der Waals surface area contributed by atoms with E-state index in [1.165, 1.54) is 4.31 Å². The molecule has 2 heterocycles. The highest BCUT2D eigenvalue weighted by molar-refractivity contribution is 7.89. The molecule has 31 heavy (non-hydrogen) atoms. The largest absolute Gasteiger partial charge is 0.294 e. The Kier molecular flexibility index (Phi) is 5.81. The van der Waals surface area contributed by atoms with Crippen molar-refractivity contribution >= 4 is 15.8 Å². The van der Waals surface area contributed by atoms with Gasteiger partial charge < -0.3 is 0 Å². The van der Waals surface area contributed by atoms with Gasteiger partial charge in [0.05, 0.1) is 11.4 Å². The first-order valence-corrected chi connectivity index (χ1v) is 11.9. The number of carbonyl (C=O) groups excluding carboxylic acids is 1. The number of benzene rings is 2. The van der Waals surface area contributed by atoms with Crippen molar-refractivity contribution in [2.45, 2.75) is 31.6 Å². The molecule has 7 heteroatoms. The van der Waals surface area contributed by atoms with Crippen LogP contribution in [0.5, 0.6) is 0 Å². The van der Waals surface area contributed by atoms with E-state index in [0.29, 0.717) is 36.3 Å². The molecule has 6 nitrogen and oxygen atoms in total. The Morgan fingerprint density at radius 1 is 1.00 bits per heavy atom. The number of nitrogens with zero attached hydrogens (tertiary/aromatic N) is 3. The highest BCUT2D eigenvalue weighted by Crippen LogP contribution is 2.29. The van der Waals surface area contributed by atoms with Gasteiger partial charge in [0.1, 0.15) is 4.90 Å². The molecule has 2 aromatic carbocycles. The zero-order valence-corrected chi connectivity index (χ0v) is 18.9. The van der Waals surface area contributed by atoms with Crippen LogP contribution in [0.15, 0.2) is 59.5 Å². The van der Waals surface area contributed by atoms with E-state index in [1.54, 1.807) is 25.6 Å². The lowest BCUT2D eigenvalue weighted by molar-refractivity contribution is 0.0872. The lowest BCUT2D eigenvalue weighted by Gasteiger charge is -2.31. The van der Waals surface area contributed by atoms with Gasteiger partial charge in [-0.25, -0.2) is 8.42 Å². The minimum absolute atomic E-state index is 0.000794. The fourth-order valence-electron chi connectivity index (χ4n) is 4.32. The summed E-state index contributed by atoms with van der Waals surface area (Å²) in [7, 11) is -1.96. The van der Waals surface area contributed by atoms with Crippen molar-refractivity contribution in [3.63, 3.8) is 0 Å². The van der Waals surface area contributed by atoms with Crippen LogP contribution in [0.3, 0.4) is 0 Å². The maximum Gasteiger partial charge on any atom is 0.246 e. The van der Waals surface area contributed by atoms with E-state index in [9.17, 15) is 13.2 Å². The summed E-state index contributed by atoms with van der Waals surface area (Å²) in [6.07, 6.45) is 1.35. The molecule has 0 N–H and O–H groups in total. The van der Waals surface area contributed by atoms with E-state index in [-0.39, 0.29) is 23.1 Å². The first kappa shape index (κ1) is 21.5. The Morgan fingerprint density at radius 2 is 1.65 bits per heavy atom. The molecule has 0 amide bonds. The van der Waals surface area contributed by atoms with Gasteiger partial charge in [-0.3, -0.25) is 9.48 Å². The Bertz CT molecular complexity index is 1200. The number of rotatable bonds is 5. The van der Waals surface area contributed by atoms with Crippen LogP contribution in [0.2, 0.25) is 0 Å². The summed E-state index contributed by atoms with van der Waals surface area (Å²) in [4.78, 5) is 13.4. The first-order chi connectivity index (χ1) is 14.8. The number of ketones is 1. The lowest BCUT2D eigenvalue weighted by atomic mass is 9.90. The number of carbonyl (C=O) groups is 1. The van der Waals surface area contributed by atoms with E-state index in [2.05, 4.69) is 5.10 Å². The van der Waals surface area contributed by atoms with Gasteiger partial charge in [-0.05, 0) is 37.8 Å². The Hall–Kier alpha value is -2.77. The average Bonchev–Trinajstić information content (AvgIpc) is 3.05. The summed E-state index contributed by atoms with van der Waals surface area (Å²) in [6, 6.07) is 17.6. The van der Waals surface area contributed by atoms with Gasteiger partial charge in [-0.15, -0.1) is 0 Å². The fraction of sp³-hybridized carbons (Fsp3) is 0.333. The predicted octanol–water partition coefficient (Wildman–Crippen LogP) is 3.99. The minimum Gasteiger partial charge on any atom is -0.294 e. The SMILES string of the molecule is Cc1nn(C)c(C)c1S(=O)(=O)N1CCC[C@H](C(=O)c2ccc(-c3ccccc3)cc2)C1. The third kappa shape index (κ3) is 4.07. The van der Waals surface area contributed by atoms with Gasteiger partial charge in [-0.1, -0.05) is 54.6 Å². The molecular weight excluding hydrogens is 410 g/mol. The van der Waals surface area contributed by atoms with Gasteiger partial charge in [0.2, 0.25) is 10.0 Å². The molecular formula is C24H27N3O3S. The molecule has 1 fully saturated rings. The van der Waals surface area contributed by atoms with Crippen molar-refractivity contribution < 1.29 is 13.2 Å². The molecule has 3 aromatic rings. The second-order valence-electron chi connectivity index (χ2n) is 8.13. The molecule has 0 saturated carbocycles. The number of aryl methyl sites for hydroxylation is 2. The van der Waals surface area contributed by atoms with Crippen molar-refractivity contribution in [3.05, 3.63) is 71.5 Å². The van der Waals surface area contributed by atoms with Gasteiger partial charge in [0.15, 0.2) is 5.78 Å². The topological polar surface area (TPSA) is 72.3 Å². The zero-order chi connectivity index (χ0) is 22.2. The predicted molar refractivity (Wildman–Crippen MR) is 120 cm³/mol. The molecule has 0 spiro atoms. The first-order valence-electron chi connectivity index (χ1n) is 10.5. The highest BCUT2D eigenvalue weighted by atomic mass is 32.2. The van der Waals surface area contributed by atoms with Crippen LogP contribution in [-0.2, 0) is 17.1 Å². The van der Waals surface area contributed by atoms with Crippen molar-refractivity contribution in [2.24, 2.45) is 13.0 Å². The van der Waals surface area contributed by atoms with Gasteiger partial charge in [-0.2, -0.15) is 9.40 Å². The number of hydrogen-bond acceptors (Lipinski definition) is 4. The van der Waals surface area contributed by atoms with Crippen molar-refractivity contribution in [1.82, 2.24) is 14.1 Å². The molecule has 1 aliphatic heterocycles. The molecule has 0 aliphatic carbocycles. The molecule has 0 unspecified atom stereocenters. The van der Waals surface area contributed by atoms with Crippen LogP contribution in [0.1, 0.15) is 34.6 Å². The monoisotopic (exact) mass is 437 g/mol. The zero-order valence-electron chi connectivity index (χ0n) is 18.1. The summed E-state index contributed by atoms with van der Waals surface area (Å²) < 4.78 is 29.7. The number of Topliss-reactive ketones (excluding diaryl/α,β-unsaturated/α-hetero) is 1. The smallest absolute Gasteiger partial charge is 0.246 e. The van der Waals surface area contributed by atoms with Crippen LogP contribution in [0.25, 0.3) is 11.1 Å². The quantitative estimate of drug-likeness (QED) is 0.566. The molecule has 0 radical (unpaired) electrons. The van der Waals surface area contributed by atoms with Gasteiger partial charge in [0, 0.05) is 31.6 Å². The third-order valence-electron chi connectivity index (χ3n) is 6.07.